The lowest BCUT2D eigenvalue weighted by atomic mass is 10.00. The third-order valence-corrected chi connectivity index (χ3v) is 4.17. The van der Waals surface area contributed by atoms with Crippen LogP contribution in [0.4, 0.5) is 0 Å². The molecule has 20 heavy (non-hydrogen) atoms. The Labute approximate surface area is 118 Å². The van der Waals surface area contributed by atoms with E-state index in [2.05, 4.69) is 29.1 Å². The molecule has 2 aromatic rings. The summed E-state index contributed by atoms with van der Waals surface area (Å²) in [6, 6.07) is 8.63. The van der Waals surface area contributed by atoms with Crippen LogP contribution in [0.1, 0.15) is 18.0 Å². The van der Waals surface area contributed by atoms with E-state index < -0.39 is 0 Å². The van der Waals surface area contributed by atoms with Gasteiger partial charge in [-0.15, -0.1) is 0 Å². The number of nitrogens with one attached hydrogen (secondary N) is 1. The Balaban J connectivity index is 1.83. The van der Waals surface area contributed by atoms with Crippen molar-refractivity contribution in [2.45, 2.75) is 12.5 Å². The van der Waals surface area contributed by atoms with Gasteiger partial charge in [0, 0.05) is 25.0 Å². The second kappa shape index (κ2) is 5.26. The van der Waals surface area contributed by atoms with E-state index in [1.54, 1.807) is 17.0 Å². The topological polar surface area (TPSA) is 67.0 Å². The standard InChI is InChI=1S/C15H20N4O/c1-18-10-11(9-16)8-14(18)12-2-4-13(5-3-12)19-7-6-17-15(19)20/h2-7,11,14H,8-10,16H2,1H3,(H,17,20). The minimum absolute atomic E-state index is 0.112. The first-order valence-electron chi connectivity index (χ1n) is 6.95. The quantitative estimate of drug-likeness (QED) is 0.880. The van der Waals surface area contributed by atoms with E-state index in [0.29, 0.717) is 12.0 Å². The fraction of sp³-hybridized carbons (Fsp3) is 0.400. The Morgan fingerprint density at radius 1 is 1.35 bits per heavy atom. The van der Waals surface area contributed by atoms with E-state index in [9.17, 15) is 4.79 Å². The van der Waals surface area contributed by atoms with Crippen LogP contribution < -0.4 is 11.4 Å². The van der Waals surface area contributed by atoms with E-state index in [1.165, 1.54) is 5.56 Å². The highest BCUT2D eigenvalue weighted by molar-refractivity contribution is 5.36. The number of aromatic nitrogens is 2. The summed E-state index contributed by atoms with van der Waals surface area (Å²) in [6.45, 7) is 1.80. The van der Waals surface area contributed by atoms with Gasteiger partial charge in [0.15, 0.2) is 0 Å². The number of rotatable bonds is 3. The molecule has 0 radical (unpaired) electrons. The van der Waals surface area contributed by atoms with Gasteiger partial charge in [0.05, 0.1) is 5.69 Å². The summed E-state index contributed by atoms with van der Waals surface area (Å²) in [5.74, 6) is 0.581. The third-order valence-electron chi connectivity index (χ3n) is 4.17. The minimum atomic E-state index is -0.112. The van der Waals surface area contributed by atoms with Crippen LogP contribution in [-0.2, 0) is 0 Å². The molecule has 5 heteroatoms. The number of nitrogens with zero attached hydrogens (tertiary/aromatic N) is 2. The normalized spacial score (nSPS) is 23.3. The van der Waals surface area contributed by atoms with Crippen molar-refractivity contribution in [1.29, 1.82) is 0 Å². The molecule has 0 spiro atoms. The molecular formula is C15H20N4O. The van der Waals surface area contributed by atoms with Crippen LogP contribution >= 0.6 is 0 Å². The van der Waals surface area contributed by atoms with Gasteiger partial charge in [0.25, 0.3) is 0 Å². The average molecular weight is 272 g/mol. The molecule has 0 bridgehead atoms. The molecule has 2 heterocycles. The van der Waals surface area contributed by atoms with Crippen LogP contribution in [0, 0.1) is 5.92 Å². The monoisotopic (exact) mass is 272 g/mol. The van der Waals surface area contributed by atoms with Crippen LogP contribution in [0.25, 0.3) is 5.69 Å². The summed E-state index contributed by atoms with van der Waals surface area (Å²) in [4.78, 5) is 16.6. The zero-order valence-electron chi connectivity index (χ0n) is 11.6. The zero-order chi connectivity index (χ0) is 14.1. The smallest absolute Gasteiger partial charge is 0.330 e. The van der Waals surface area contributed by atoms with Gasteiger partial charge in [-0.25, -0.2) is 4.79 Å². The van der Waals surface area contributed by atoms with Crippen molar-refractivity contribution in [3.63, 3.8) is 0 Å². The Bertz CT molecular complexity index is 628. The molecule has 1 aromatic carbocycles. The second-order valence-electron chi connectivity index (χ2n) is 5.52. The van der Waals surface area contributed by atoms with E-state index >= 15 is 0 Å². The summed E-state index contributed by atoms with van der Waals surface area (Å²) < 4.78 is 1.60. The first kappa shape index (κ1) is 13.1. The predicted octanol–water partition coefficient (Wildman–Crippen LogP) is 1.12. The lowest BCUT2D eigenvalue weighted by Gasteiger charge is -2.19. The van der Waals surface area contributed by atoms with Gasteiger partial charge in [-0.1, -0.05) is 12.1 Å². The fourth-order valence-corrected chi connectivity index (χ4v) is 3.05. The molecule has 0 amide bonds. The predicted molar refractivity (Wildman–Crippen MR) is 78.9 cm³/mol. The lowest BCUT2D eigenvalue weighted by Crippen LogP contribution is -2.20. The summed E-state index contributed by atoms with van der Waals surface area (Å²) >= 11 is 0. The minimum Gasteiger partial charge on any atom is -0.330 e. The molecule has 1 aliphatic rings. The average Bonchev–Trinajstić information content (AvgIpc) is 3.05. The maximum Gasteiger partial charge on any atom is 0.330 e. The van der Waals surface area contributed by atoms with Gasteiger partial charge < -0.3 is 10.7 Å². The first-order chi connectivity index (χ1) is 9.69. The van der Waals surface area contributed by atoms with Crippen LogP contribution in [0.3, 0.4) is 0 Å². The Hall–Kier alpha value is -1.85. The highest BCUT2D eigenvalue weighted by Gasteiger charge is 2.29. The summed E-state index contributed by atoms with van der Waals surface area (Å²) in [5, 5.41) is 0. The number of likely N-dealkylation sites (tertiary alicyclic amines) is 1. The number of H-pyrrole nitrogens is 1. The summed E-state index contributed by atoms with van der Waals surface area (Å²) in [7, 11) is 2.14. The fourth-order valence-electron chi connectivity index (χ4n) is 3.05. The first-order valence-corrected chi connectivity index (χ1v) is 6.95. The molecule has 0 saturated carbocycles. The summed E-state index contributed by atoms with van der Waals surface area (Å²) in [6.07, 6.45) is 4.49. The molecule has 0 aliphatic carbocycles. The van der Waals surface area contributed by atoms with Gasteiger partial charge >= 0.3 is 5.69 Å². The molecule has 106 valence electrons. The Kier molecular flexibility index (Phi) is 3.46. The third kappa shape index (κ3) is 2.30. The molecule has 1 saturated heterocycles. The SMILES string of the molecule is CN1CC(CN)CC1c1ccc(-n2cc[nH]c2=O)cc1. The van der Waals surface area contributed by atoms with Gasteiger partial charge in [-0.05, 0) is 43.6 Å². The molecule has 5 nitrogen and oxygen atoms in total. The number of imidazole rings is 1. The number of aromatic amines is 1. The molecular weight excluding hydrogens is 252 g/mol. The molecule has 2 unspecified atom stereocenters. The van der Waals surface area contributed by atoms with Crippen LogP contribution in [0.5, 0.6) is 0 Å². The van der Waals surface area contributed by atoms with Crippen LogP contribution in [-0.4, -0.2) is 34.6 Å². The summed E-state index contributed by atoms with van der Waals surface area (Å²) in [5.41, 5.74) is 7.83. The van der Waals surface area contributed by atoms with Crippen molar-refractivity contribution in [2.75, 3.05) is 20.1 Å². The molecule has 1 fully saturated rings. The Morgan fingerprint density at radius 3 is 2.65 bits per heavy atom. The Morgan fingerprint density at radius 2 is 2.10 bits per heavy atom. The van der Waals surface area contributed by atoms with E-state index in [0.717, 1.165) is 25.2 Å². The van der Waals surface area contributed by atoms with Gasteiger partial charge in [0.2, 0.25) is 0 Å². The maximum atomic E-state index is 11.6. The van der Waals surface area contributed by atoms with Crippen molar-refractivity contribution in [3.05, 3.63) is 52.7 Å². The van der Waals surface area contributed by atoms with E-state index in [4.69, 9.17) is 5.73 Å². The van der Waals surface area contributed by atoms with Crippen molar-refractivity contribution in [1.82, 2.24) is 14.5 Å². The highest BCUT2D eigenvalue weighted by atomic mass is 16.1. The van der Waals surface area contributed by atoms with Crippen LogP contribution in [0.2, 0.25) is 0 Å². The molecule has 1 aromatic heterocycles. The van der Waals surface area contributed by atoms with Crippen molar-refractivity contribution in [3.8, 4) is 5.69 Å². The van der Waals surface area contributed by atoms with Crippen LogP contribution in [0.15, 0.2) is 41.5 Å². The van der Waals surface area contributed by atoms with E-state index in [-0.39, 0.29) is 5.69 Å². The number of hydrogen-bond donors (Lipinski definition) is 2. The van der Waals surface area contributed by atoms with Crippen molar-refractivity contribution in [2.24, 2.45) is 11.7 Å². The molecule has 1 aliphatic heterocycles. The lowest BCUT2D eigenvalue weighted by molar-refractivity contribution is 0.313. The van der Waals surface area contributed by atoms with E-state index in [1.807, 2.05) is 12.1 Å². The number of benzene rings is 1. The largest absolute Gasteiger partial charge is 0.330 e. The maximum absolute atomic E-state index is 11.6. The van der Waals surface area contributed by atoms with Crippen molar-refractivity contribution >= 4 is 0 Å². The van der Waals surface area contributed by atoms with Crippen molar-refractivity contribution < 1.29 is 0 Å². The van der Waals surface area contributed by atoms with Gasteiger partial charge in [0.1, 0.15) is 0 Å². The second-order valence-corrected chi connectivity index (χ2v) is 5.52. The number of nitrogens with two attached hydrogens (primary N) is 1. The van der Waals surface area contributed by atoms with Gasteiger partial charge in [-0.3, -0.25) is 9.47 Å². The molecule has 3 rings (SSSR count). The molecule has 3 N–H and O–H groups in total. The highest BCUT2D eigenvalue weighted by Crippen LogP contribution is 2.33. The molecule has 2 atom stereocenters. The zero-order valence-corrected chi connectivity index (χ0v) is 11.6. The number of hydrogen-bond acceptors (Lipinski definition) is 3. The van der Waals surface area contributed by atoms with Gasteiger partial charge in [-0.2, -0.15) is 0 Å².